The van der Waals surface area contributed by atoms with Crippen molar-refractivity contribution in [2.45, 2.75) is 18.4 Å². The Hall–Kier alpha value is -1.93. The molecule has 1 aliphatic rings. The van der Waals surface area contributed by atoms with E-state index in [9.17, 15) is 9.90 Å². The van der Waals surface area contributed by atoms with Crippen LogP contribution in [0, 0.1) is 0 Å². The maximum atomic E-state index is 11.2. The van der Waals surface area contributed by atoms with Crippen LogP contribution in [-0.2, 0) is 4.79 Å². The number of nitrogens with zero attached hydrogens (tertiary/aromatic N) is 3. The van der Waals surface area contributed by atoms with Crippen molar-refractivity contribution in [3.8, 4) is 0 Å². The van der Waals surface area contributed by atoms with E-state index in [1.807, 2.05) is 11.0 Å². The van der Waals surface area contributed by atoms with Crippen molar-refractivity contribution in [1.29, 1.82) is 0 Å². The first kappa shape index (κ1) is 15.5. The van der Waals surface area contributed by atoms with Crippen LogP contribution in [0.4, 0.5) is 11.6 Å². The van der Waals surface area contributed by atoms with Crippen LogP contribution in [0.5, 0.6) is 0 Å². The van der Waals surface area contributed by atoms with Gasteiger partial charge in [0.25, 0.3) is 0 Å². The van der Waals surface area contributed by atoms with E-state index in [2.05, 4.69) is 20.6 Å². The summed E-state index contributed by atoms with van der Waals surface area (Å²) in [6.07, 6.45) is 2.96. The van der Waals surface area contributed by atoms with Gasteiger partial charge in [-0.25, -0.2) is 9.97 Å². The molecule has 1 aromatic rings. The molecule has 1 atom stereocenters. The summed E-state index contributed by atoms with van der Waals surface area (Å²) in [5.74, 6) is 1.23. The highest BCUT2D eigenvalue weighted by Crippen LogP contribution is 2.25. The van der Waals surface area contributed by atoms with Crippen LogP contribution in [0.25, 0.3) is 0 Å². The number of nitrogens with one attached hydrogen (secondary N) is 2. The van der Waals surface area contributed by atoms with E-state index in [-0.39, 0.29) is 19.0 Å². The molecule has 0 aromatic carbocycles. The molecule has 0 aliphatic carbocycles. The lowest BCUT2D eigenvalue weighted by Gasteiger charge is -2.39. The zero-order valence-corrected chi connectivity index (χ0v) is 12.2. The van der Waals surface area contributed by atoms with Crippen molar-refractivity contribution in [2.24, 2.45) is 5.73 Å². The minimum absolute atomic E-state index is 0.0722. The van der Waals surface area contributed by atoms with Gasteiger partial charge in [-0.05, 0) is 12.8 Å². The van der Waals surface area contributed by atoms with E-state index < -0.39 is 5.60 Å². The van der Waals surface area contributed by atoms with Gasteiger partial charge >= 0.3 is 0 Å². The third kappa shape index (κ3) is 4.02. The zero-order chi connectivity index (χ0) is 15.3. The first-order valence-electron chi connectivity index (χ1n) is 7.00. The number of aromatic nitrogens is 2. The molecule has 1 aliphatic heterocycles. The Bertz CT molecular complexity index is 497. The van der Waals surface area contributed by atoms with Crippen LogP contribution < -0.4 is 21.3 Å². The van der Waals surface area contributed by atoms with E-state index in [1.54, 1.807) is 7.05 Å². The molecule has 1 aromatic heterocycles. The highest BCUT2D eigenvalue weighted by Gasteiger charge is 2.34. The molecule has 0 radical (unpaired) electrons. The van der Waals surface area contributed by atoms with E-state index in [0.717, 1.165) is 24.6 Å². The van der Waals surface area contributed by atoms with Crippen LogP contribution in [0.1, 0.15) is 12.8 Å². The normalized spacial score (nSPS) is 22.0. The summed E-state index contributed by atoms with van der Waals surface area (Å²) in [6.45, 7) is 1.35. The van der Waals surface area contributed by atoms with Crippen molar-refractivity contribution in [3.05, 3.63) is 12.4 Å². The summed E-state index contributed by atoms with van der Waals surface area (Å²) in [6, 6.07) is 1.84. The molecule has 0 bridgehead atoms. The fourth-order valence-electron chi connectivity index (χ4n) is 2.44. The van der Waals surface area contributed by atoms with Gasteiger partial charge in [-0.15, -0.1) is 0 Å². The van der Waals surface area contributed by atoms with Gasteiger partial charge in [0.2, 0.25) is 5.91 Å². The Morgan fingerprint density at radius 2 is 2.38 bits per heavy atom. The minimum atomic E-state index is -0.964. The number of carbonyl (C=O) groups is 1. The van der Waals surface area contributed by atoms with Gasteiger partial charge in [0.1, 0.15) is 18.0 Å². The number of piperidine rings is 1. The predicted octanol–water partition coefficient (Wildman–Crippen LogP) is -1.08. The Kier molecular flexibility index (Phi) is 4.92. The first-order chi connectivity index (χ1) is 10.1. The van der Waals surface area contributed by atoms with Crippen molar-refractivity contribution < 1.29 is 9.90 Å². The van der Waals surface area contributed by atoms with E-state index in [1.165, 1.54) is 6.33 Å². The second-order valence-corrected chi connectivity index (χ2v) is 5.24. The number of amides is 1. The highest BCUT2D eigenvalue weighted by molar-refractivity contribution is 5.77. The number of hydrogen-bond acceptors (Lipinski definition) is 7. The highest BCUT2D eigenvalue weighted by atomic mass is 16.3. The Morgan fingerprint density at radius 1 is 1.57 bits per heavy atom. The number of nitrogens with two attached hydrogens (primary N) is 1. The molecule has 2 heterocycles. The third-order valence-corrected chi connectivity index (χ3v) is 3.59. The quantitative estimate of drug-likeness (QED) is 0.546. The second-order valence-electron chi connectivity index (χ2n) is 5.24. The van der Waals surface area contributed by atoms with E-state index in [0.29, 0.717) is 13.0 Å². The van der Waals surface area contributed by atoms with Crippen molar-refractivity contribution in [1.82, 2.24) is 15.3 Å². The van der Waals surface area contributed by atoms with Gasteiger partial charge < -0.3 is 26.4 Å². The lowest BCUT2D eigenvalue weighted by molar-refractivity contribution is -0.121. The summed E-state index contributed by atoms with van der Waals surface area (Å²) in [4.78, 5) is 21.6. The summed E-state index contributed by atoms with van der Waals surface area (Å²) < 4.78 is 0. The van der Waals surface area contributed by atoms with Gasteiger partial charge in [-0.1, -0.05) is 0 Å². The molecule has 1 fully saturated rings. The van der Waals surface area contributed by atoms with Gasteiger partial charge in [0.15, 0.2) is 0 Å². The molecule has 1 unspecified atom stereocenters. The Morgan fingerprint density at radius 3 is 3.10 bits per heavy atom. The molecule has 8 nitrogen and oxygen atoms in total. The van der Waals surface area contributed by atoms with Crippen LogP contribution in [0.3, 0.4) is 0 Å². The number of β-amino-alcohol motifs (C(OH)–C–C–N with tert-alkyl or cyclic N) is 1. The molecule has 0 spiro atoms. The van der Waals surface area contributed by atoms with Crippen LogP contribution in [-0.4, -0.2) is 59.8 Å². The molecule has 0 saturated carbocycles. The average Bonchev–Trinajstić information content (AvgIpc) is 2.52. The minimum Gasteiger partial charge on any atom is -0.386 e. The lowest BCUT2D eigenvalue weighted by atomic mass is 9.92. The fourth-order valence-corrected chi connectivity index (χ4v) is 2.44. The fraction of sp³-hybridized carbons (Fsp3) is 0.615. The third-order valence-electron chi connectivity index (χ3n) is 3.59. The summed E-state index contributed by atoms with van der Waals surface area (Å²) >= 11 is 0. The number of hydrogen-bond donors (Lipinski definition) is 4. The molecule has 8 heteroatoms. The van der Waals surface area contributed by atoms with Gasteiger partial charge in [-0.3, -0.25) is 4.79 Å². The monoisotopic (exact) mass is 294 g/mol. The smallest absolute Gasteiger partial charge is 0.233 e. The molecular formula is C13H22N6O2. The van der Waals surface area contributed by atoms with Crippen LogP contribution in [0.2, 0.25) is 0 Å². The summed E-state index contributed by atoms with van der Waals surface area (Å²) in [5, 5.41) is 16.2. The first-order valence-corrected chi connectivity index (χ1v) is 7.00. The zero-order valence-electron chi connectivity index (χ0n) is 12.2. The largest absolute Gasteiger partial charge is 0.386 e. The van der Waals surface area contributed by atoms with Crippen molar-refractivity contribution >= 4 is 17.5 Å². The van der Waals surface area contributed by atoms with Crippen LogP contribution in [0.15, 0.2) is 12.4 Å². The SMILES string of the molecule is CNc1cc(N2CCCC(O)(CNC(=O)CN)C2)ncn1. The Balaban J connectivity index is 2.03. The molecule has 116 valence electrons. The molecular weight excluding hydrogens is 272 g/mol. The van der Waals surface area contributed by atoms with Gasteiger partial charge in [0.05, 0.1) is 12.1 Å². The number of anilines is 2. The molecule has 5 N–H and O–H groups in total. The summed E-state index contributed by atoms with van der Waals surface area (Å²) in [7, 11) is 1.79. The molecule has 1 saturated heterocycles. The second kappa shape index (κ2) is 6.68. The maximum absolute atomic E-state index is 11.2. The molecule has 2 rings (SSSR count). The van der Waals surface area contributed by atoms with Crippen molar-refractivity contribution in [3.63, 3.8) is 0 Å². The van der Waals surface area contributed by atoms with E-state index >= 15 is 0 Å². The van der Waals surface area contributed by atoms with Gasteiger partial charge in [0, 0.05) is 32.7 Å². The summed E-state index contributed by atoms with van der Waals surface area (Å²) in [5.41, 5.74) is 4.29. The predicted molar refractivity (Wildman–Crippen MR) is 80.0 cm³/mol. The Labute approximate surface area is 123 Å². The lowest BCUT2D eigenvalue weighted by Crippen LogP contribution is -2.55. The maximum Gasteiger partial charge on any atom is 0.233 e. The number of carbonyl (C=O) groups excluding carboxylic acids is 1. The van der Waals surface area contributed by atoms with E-state index in [4.69, 9.17) is 5.73 Å². The number of aliphatic hydroxyl groups is 1. The number of rotatable bonds is 5. The average molecular weight is 294 g/mol. The topological polar surface area (TPSA) is 116 Å². The van der Waals surface area contributed by atoms with Crippen LogP contribution >= 0.6 is 0 Å². The molecule has 21 heavy (non-hydrogen) atoms. The molecule has 1 amide bonds. The van der Waals surface area contributed by atoms with Gasteiger partial charge in [-0.2, -0.15) is 0 Å². The standard InChI is InChI=1S/C13H22N6O2/c1-15-10-5-11(18-9-17-10)19-4-2-3-13(21,8-19)7-16-12(20)6-14/h5,9,21H,2-4,6-8,14H2,1H3,(H,16,20)(H,15,17,18). The van der Waals surface area contributed by atoms with Crippen molar-refractivity contribution in [2.75, 3.05) is 43.4 Å².